The number of rotatable bonds is 6. The Bertz CT molecular complexity index is 454. The molecule has 0 aliphatic carbocycles. The van der Waals surface area contributed by atoms with Crippen molar-refractivity contribution in [3.8, 4) is 0 Å². The molecule has 0 aliphatic heterocycles. The summed E-state index contributed by atoms with van der Waals surface area (Å²) in [5.41, 5.74) is 0.403. The summed E-state index contributed by atoms with van der Waals surface area (Å²) in [7, 11) is 0. The second kappa shape index (κ2) is 6.42. The Labute approximate surface area is 112 Å². The molecule has 1 heterocycles. The predicted octanol–water partition coefficient (Wildman–Crippen LogP) is 0.0612. The van der Waals surface area contributed by atoms with Crippen molar-refractivity contribution in [1.82, 2.24) is 20.3 Å². The first kappa shape index (κ1) is 15.3. The lowest BCUT2D eigenvalue weighted by Crippen LogP contribution is -2.44. The van der Waals surface area contributed by atoms with Crippen LogP contribution in [0.5, 0.6) is 0 Å². The highest BCUT2D eigenvalue weighted by molar-refractivity contribution is 5.87. The first-order valence-corrected chi connectivity index (χ1v) is 6.19. The van der Waals surface area contributed by atoms with Gasteiger partial charge in [0.05, 0.1) is 18.3 Å². The molecule has 1 aromatic rings. The summed E-state index contributed by atoms with van der Waals surface area (Å²) in [6, 6.07) is -0.493. The van der Waals surface area contributed by atoms with Gasteiger partial charge in [0.15, 0.2) is 5.78 Å². The molecule has 1 amide bonds. The van der Waals surface area contributed by atoms with Gasteiger partial charge in [-0.25, -0.2) is 4.68 Å². The predicted molar refractivity (Wildman–Crippen MR) is 68.1 cm³/mol. The molecule has 1 aromatic heterocycles. The molecule has 2 unspecified atom stereocenters. The van der Waals surface area contributed by atoms with Crippen molar-refractivity contribution in [2.75, 3.05) is 0 Å². The molecular weight excluding hydrogens is 248 g/mol. The van der Waals surface area contributed by atoms with E-state index in [-0.39, 0.29) is 24.2 Å². The first-order chi connectivity index (χ1) is 8.81. The van der Waals surface area contributed by atoms with E-state index >= 15 is 0 Å². The molecule has 0 bridgehead atoms. The second-order valence-corrected chi connectivity index (χ2v) is 4.92. The number of hydrogen-bond acceptors (Lipinski definition) is 5. The standard InChI is InChI=1S/C12H20N4O3/c1-7(2)12(9(4)18)13-11(19)6-16-5-10(8(3)17)14-15-16/h5,7-8,12,17H,6H2,1-4H3,(H,13,19). The number of Topliss-reactive ketones (excluding diaryl/α,β-unsaturated/α-hetero) is 1. The average molecular weight is 268 g/mol. The lowest BCUT2D eigenvalue weighted by atomic mass is 10.0. The smallest absolute Gasteiger partial charge is 0.242 e. The van der Waals surface area contributed by atoms with Gasteiger partial charge in [-0.15, -0.1) is 5.10 Å². The van der Waals surface area contributed by atoms with Crippen LogP contribution in [0.2, 0.25) is 0 Å². The lowest BCUT2D eigenvalue weighted by Gasteiger charge is -2.19. The van der Waals surface area contributed by atoms with Crippen LogP contribution in [0, 0.1) is 5.92 Å². The zero-order chi connectivity index (χ0) is 14.6. The van der Waals surface area contributed by atoms with Crippen molar-refractivity contribution in [2.24, 2.45) is 5.92 Å². The highest BCUT2D eigenvalue weighted by Gasteiger charge is 2.20. The van der Waals surface area contributed by atoms with Crippen LogP contribution in [0.4, 0.5) is 0 Å². The maximum atomic E-state index is 11.8. The van der Waals surface area contributed by atoms with E-state index in [1.807, 2.05) is 13.8 Å². The summed E-state index contributed by atoms with van der Waals surface area (Å²) in [5.74, 6) is -0.354. The minimum absolute atomic E-state index is 0.0315. The van der Waals surface area contributed by atoms with E-state index in [4.69, 9.17) is 0 Å². The van der Waals surface area contributed by atoms with E-state index in [0.717, 1.165) is 0 Å². The maximum Gasteiger partial charge on any atom is 0.242 e. The summed E-state index contributed by atoms with van der Waals surface area (Å²) in [4.78, 5) is 23.2. The van der Waals surface area contributed by atoms with Crippen LogP contribution in [0.3, 0.4) is 0 Å². The zero-order valence-corrected chi connectivity index (χ0v) is 11.6. The van der Waals surface area contributed by atoms with Gasteiger partial charge in [0.2, 0.25) is 5.91 Å². The SMILES string of the molecule is CC(=O)C(NC(=O)Cn1cc(C(C)O)nn1)C(C)C. The third-order valence-corrected chi connectivity index (χ3v) is 2.71. The van der Waals surface area contributed by atoms with Crippen molar-refractivity contribution in [3.63, 3.8) is 0 Å². The summed E-state index contributed by atoms with van der Waals surface area (Å²) >= 11 is 0. The molecule has 0 fully saturated rings. The Balaban J connectivity index is 2.61. The van der Waals surface area contributed by atoms with Crippen LogP contribution >= 0.6 is 0 Å². The van der Waals surface area contributed by atoms with Crippen LogP contribution in [0.15, 0.2) is 6.20 Å². The molecule has 106 valence electrons. The van der Waals surface area contributed by atoms with Gasteiger partial charge in [-0.3, -0.25) is 9.59 Å². The van der Waals surface area contributed by atoms with Crippen LogP contribution in [0.25, 0.3) is 0 Å². The maximum absolute atomic E-state index is 11.8. The monoisotopic (exact) mass is 268 g/mol. The molecule has 0 radical (unpaired) electrons. The van der Waals surface area contributed by atoms with Gasteiger partial charge in [-0.05, 0) is 19.8 Å². The Morgan fingerprint density at radius 2 is 2.05 bits per heavy atom. The molecule has 1 rings (SSSR count). The zero-order valence-electron chi connectivity index (χ0n) is 11.6. The van der Waals surface area contributed by atoms with E-state index in [2.05, 4.69) is 15.6 Å². The third-order valence-electron chi connectivity index (χ3n) is 2.71. The molecule has 0 spiro atoms. The average Bonchev–Trinajstić information content (AvgIpc) is 2.73. The Hall–Kier alpha value is -1.76. The fourth-order valence-corrected chi connectivity index (χ4v) is 1.69. The molecule has 7 nitrogen and oxygen atoms in total. The molecule has 0 aromatic carbocycles. The molecule has 0 aliphatic rings. The third kappa shape index (κ3) is 4.44. The number of nitrogens with zero attached hydrogens (tertiary/aromatic N) is 3. The number of aromatic nitrogens is 3. The van der Waals surface area contributed by atoms with Gasteiger partial charge >= 0.3 is 0 Å². The molecular formula is C12H20N4O3. The topological polar surface area (TPSA) is 97.1 Å². The quantitative estimate of drug-likeness (QED) is 0.760. The number of carbonyl (C=O) groups is 2. The van der Waals surface area contributed by atoms with E-state index in [1.54, 1.807) is 6.92 Å². The van der Waals surface area contributed by atoms with Crippen LogP contribution < -0.4 is 5.32 Å². The van der Waals surface area contributed by atoms with Gasteiger partial charge in [0.1, 0.15) is 12.2 Å². The van der Waals surface area contributed by atoms with Crippen molar-refractivity contribution >= 4 is 11.7 Å². The minimum atomic E-state index is -0.725. The largest absolute Gasteiger partial charge is 0.387 e. The first-order valence-electron chi connectivity index (χ1n) is 6.19. The fourth-order valence-electron chi connectivity index (χ4n) is 1.69. The number of nitrogens with one attached hydrogen (secondary N) is 1. The Kier molecular flexibility index (Phi) is 5.17. The molecule has 2 atom stereocenters. The summed E-state index contributed by atoms with van der Waals surface area (Å²) in [6.07, 6.45) is 0.778. The lowest BCUT2D eigenvalue weighted by molar-refractivity contribution is -0.128. The van der Waals surface area contributed by atoms with Gasteiger partial charge in [-0.1, -0.05) is 19.1 Å². The summed E-state index contributed by atoms with van der Waals surface area (Å²) in [5, 5.41) is 19.4. The summed E-state index contributed by atoms with van der Waals surface area (Å²) < 4.78 is 1.33. The summed E-state index contributed by atoms with van der Waals surface area (Å²) in [6.45, 7) is 6.72. The second-order valence-electron chi connectivity index (χ2n) is 4.92. The van der Waals surface area contributed by atoms with Crippen molar-refractivity contribution in [1.29, 1.82) is 0 Å². The molecule has 0 saturated heterocycles. The number of ketones is 1. The normalized spacial score (nSPS) is 14.2. The molecule has 19 heavy (non-hydrogen) atoms. The van der Waals surface area contributed by atoms with Crippen molar-refractivity contribution < 1.29 is 14.7 Å². The molecule has 2 N–H and O–H groups in total. The number of hydrogen-bond donors (Lipinski definition) is 2. The van der Waals surface area contributed by atoms with Gasteiger partial charge in [-0.2, -0.15) is 0 Å². The van der Waals surface area contributed by atoms with Crippen LogP contribution in [-0.2, 0) is 16.1 Å². The van der Waals surface area contributed by atoms with Crippen molar-refractivity contribution in [3.05, 3.63) is 11.9 Å². The minimum Gasteiger partial charge on any atom is -0.387 e. The Morgan fingerprint density at radius 3 is 2.47 bits per heavy atom. The van der Waals surface area contributed by atoms with Gasteiger partial charge < -0.3 is 10.4 Å². The number of aliphatic hydroxyl groups is 1. The van der Waals surface area contributed by atoms with E-state index < -0.39 is 12.1 Å². The molecule has 0 saturated carbocycles. The number of amides is 1. The van der Waals surface area contributed by atoms with E-state index in [0.29, 0.717) is 5.69 Å². The van der Waals surface area contributed by atoms with Crippen LogP contribution in [-0.4, -0.2) is 37.8 Å². The highest BCUT2D eigenvalue weighted by Crippen LogP contribution is 2.06. The highest BCUT2D eigenvalue weighted by atomic mass is 16.3. The Morgan fingerprint density at radius 1 is 1.42 bits per heavy atom. The van der Waals surface area contributed by atoms with Gasteiger partial charge in [0, 0.05) is 0 Å². The molecule has 7 heteroatoms. The van der Waals surface area contributed by atoms with E-state index in [1.165, 1.54) is 17.8 Å². The van der Waals surface area contributed by atoms with E-state index in [9.17, 15) is 14.7 Å². The van der Waals surface area contributed by atoms with Gasteiger partial charge in [0.25, 0.3) is 0 Å². The van der Waals surface area contributed by atoms with Crippen molar-refractivity contribution in [2.45, 2.75) is 46.4 Å². The van der Waals surface area contributed by atoms with Crippen LogP contribution in [0.1, 0.15) is 39.5 Å². The number of aliphatic hydroxyl groups excluding tert-OH is 1. The fraction of sp³-hybridized carbons (Fsp3) is 0.667. The number of carbonyl (C=O) groups excluding carboxylic acids is 2.